The first-order valence-electron chi connectivity index (χ1n) is 10.1. The summed E-state index contributed by atoms with van der Waals surface area (Å²) in [6.07, 6.45) is 1.78. The number of rotatable bonds is 7. The highest BCUT2D eigenvalue weighted by Crippen LogP contribution is 2.42. The first kappa shape index (κ1) is 20.6. The van der Waals surface area contributed by atoms with Crippen LogP contribution in [0, 0.1) is 5.92 Å². The van der Waals surface area contributed by atoms with Crippen LogP contribution in [0.2, 0.25) is 0 Å². The average molecular weight is 421 g/mol. The smallest absolute Gasteiger partial charge is 0.326 e. The van der Waals surface area contributed by atoms with Crippen molar-refractivity contribution in [3.8, 4) is 0 Å². The summed E-state index contributed by atoms with van der Waals surface area (Å²) in [5, 5.41) is 5.49. The molecule has 2 fully saturated rings. The summed E-state index contributed by atoms with van der Waals surface area (Å²) >= 11 is 0. The molecule has 160 valence electrons. The number of nitrogens with one attached hydrogen (secondary N) is 2. The molecule has 2 aromatic carbocycles. The number of amides is 4. The molecule has 2 aromatic rings. The minimum Gasteiger partial charge on any atom is -0.459 e. The molecule has 0 unspecified atom stereocenters. The zero-order valence-electron chi connectivity index (χ0n) is 17.1. The van der Waals surface area contributed by atoms with Crippen LogP contribution in [-0.4, -0.2) is 40.8 Å². The molecule has 4 rings (SSSR count). The monoisotopic (exact) mass is 421 g/mol. The van der Waals surface area contributed by atoms with Crippen molar-refractivity contribution in [3.63, 3.8) is 0 Å². The molecule has 1 aliphatic carbocycles. The lowest BCUT2D eigenvalue weighted by Crippen LogP contribution is -2.46. The second-order valence-electron chi connectivity index (χ2n) is 7.98. The topological polar surface area (TPSA) is 105 Å². The number of nitrogens with zero attached hydrogens (tertiary/aromatic N) is 1. The number of para-hydroxylation sites is 1. The van der Waals surface area contributed by atoms with Crippen LogP contribution >= 0.6 is 0 Å². The number of urea groups is 1. The van der Waals surface area contributed by atoms with E-state index in [9.17, 15) is 19.2 Å². The van der Waals surface area contributed by atoms with E-state index in [1.165, 1.54) is 0 Å². The Morgan fingerprint density at radius 2 is 1.77 bits per heavy atom. The Morgan fingerprint density at radius 3 is 2.42 bits per heavy atom. The van der Waals surface area contributed by atoms with Crippen LogP contribution in [0.5, 0.6) is 0 Å². The van der Waals surface area contributed by atoms with E-state index in [1.54, 1.807) is 43.3 Å². The third-order valence-corrected chi connectivity index (χ3v) is 5.63. The van der Waals surface area contributed by atoms with E-state index >= 15 is 0 Å². The van der Waals surface area contributed by atoms with Gasteiger partial charge >= 0.3 is 12.0 Å². The molecular weight excluding hydrogens is 398 g/mol. The van der Waals surface area contributed by atoms with Crippen LogP contribution in [0.1, 0.15) is 35.7 Å². The summed E-state index contributed by atoms with van der Waals surface area (Å²) in [5.74, 6) is -1.17. The van der Waals surface area contributed by atoms with Gasteiger partial charge in [-0.15, -0.1) is 0 Å². The van der Waals surface area contributed by atoms with Crippen molar-refractivity contribution in [2.75, 3.05) is 11.9 Å². The lowest BCUT2D eigenvalue weighted by Gasteiger charge is -2.20. The van der Waals surface area contributed by atoms with Gasteiger partial charge in [0.05, 0.1) is 0 Å². The van der Waals surface area contributed by atoms with Crippen molar-refractivity contribution in [1.29, 1.82) is 0 Å². The number of carbonyl (C=O) groups is 4. The Kier molecular flexibility index (Phi) is 5.46. The molecule has 0 bridgehead atoms. The van der Waals surface area contributed by atoms with Crippen molar-refractivity contribution in [1.82, 2.24) is 10.2 Å². The van der Waals surface area contributed by atoms with Crippen molar-refractivity contribution in [2.45, 2.75) is 31.9 Å². The maximum atomic E-state index is 12.6. The van der Waals surface area contributed by atoms with Gasteiger partial charge in [-0.2, -0.15) is 0 Å². The van der Waals surface area contributed by atoms with Gasteiger partial charge in [-0.25, -0.2) is 4.79 Å². The van der Waals surface area contributed by atoms with Crippen LogP contribution in [-0.2, 0) is 20.9 Å². The highest BCUT2D eigenvalue weighted by molar-refractivity contribution is 6.08. The zero-order valence-corrected chi connectivity index (χ0v) is 17.1. The number of benzene rings is 2. The molecule has 0 spiro atoms. The maximum Gasteiger partial charge on any atom is 0.326 e. The molecule has 8 nitrogen and oxygen atoms in total. The molecule has 8 heteroatoms. The average Bonchev–Trinajstić information content (AvgIpc) is 3.59. The second-order valence-corrected chi connectivity index (χ2v) is 7.98. The summed E-state index contributed by atoms with van der Waals surface area (Å²) in [6, 6.07) is 15.2. The van der Waals surface area contributed by atoms with Gasteiger partial charge < -0.3 is 15.4 Å². The maximum absolute atomic E-state index is 12.6. The summed E-state index contributed by atoms with van der Waals surface area (Å²) in [5.41, 5.74) is 0.930. The normalized spacial score (nSPS) is 20.4. The summed E-state index contributed by atoms with van der Waals surface area (Å²) in [7, 11) is 0. The Bertz CT molecular complexity index is 1020. The van der Waals surface area contributed by atoms with Gasteiger partial charge in [0, 0.05) is 11.3 Å². The number of carbonyl (C=O) groups excluding carboxylic acids is 4. The Labute approximate surface area is 179 Å². The van der Waals surface area contributed by atoms with Gasteiger partial charge in [-0.05, 0) is 55.5 Å². The molecule has 4 amide bonds. The van der Waals surface area contributed by atoms with Crippen LogP contribution in [0.15, 0.2) is 54.6 Å². The number of hydrogen-bond donors (Lipinski definition) is 2. The molecule has 1 saturated carbocycles. The standard InChI is InChI=1S/C23H23N3O5/c1-23(17-11-12-17)21(29)26(22(30)25-23)13-19(27)31-14-15-7-9-16(10-8-15)20(28)24-18-5-3-2-4-6-18/h2-10,17H,11-14H2,1H3,(H,24,28)(H,25,30)/t23-/m0/s1. The lowest BCUT2D eigenvalue weighted by molar-refractivity contribution is -0.148. The fourth-order valence-corrected chi connectivity index (χ4v) is 3.61. The van der Waals surface area contributed by atoms with E-state index < -0.39 is 24.1 Å². The molecular formula is C23H23N3O5. The van der Waals surface area contributed by atoms with Gasteiger partial charge in [-0.3, -0.25) is 19.3 Å². The number of ether oxygens (including phenoxy) is 1. The van der Waals surface area contributed by atoms with Crippen molar-refractivity contribution < 1.29 is 23.9 Å². The summed E-state index contributed by atoms with van der Waals surface area (Å²) in [4.78, 5) is 50.1. The quantitative estimate of drug-likeness (QED) is 0.528. The first-order valence-corrected chi connectivity index (χ1v) is 10.1. The number of imide groups is 1. The molecule has 1 aliphatic heterocycles. The molecule has 1 atom stereocenters. The fraction of sp³-hybridized carbons (Fsp3) is 0.304. The molecule has 31 heavy (non-hydrogen) atoms. The number of hydrogen-bond acceptors (Lipinski definition) is 5. The minimum absolute atomic E-state index is 0.0248. The molecule has 0 radical (unpaired) electrons. The summed E-state index contributed by atoms with van der Waals surface area (Å²) in [6.45, 7) is 1.25. The van der Waals surface area contributed by atoms with Crippen molar-refractivity contribution in [3.05, 3.63) is 65.7 Å². The second kappa shape index (κ2) is 8.22. The van der Waals surface area contributed by atoms with E-state index in [-0.39, 0.29) is 24.3 Å². The number of anilines is 1. The van der Waals surface area contributed by atoms with E-state index in [2.05, 4.69) is 10.6 Å². The highest BCUT2D eigenvalue weighted by Gasteiger charge is 2.56. The third-order valence-electron chi connectivity index (χ3n) is 5.63. The van der Waals surface area contributed by atoms with Crippen LogP contribution in [0.3, 0.4) is 0 Å². The molecule has 1 saturated heterocycles. The van der Waals surface area contributed by atoms with Crippen LogP contribution in [0.25, 0.3) is 0 Å². The van der Waals surface area contributed by atoms with Crippen molar-refractivity contribution >= 4 is 29.5 Å². The SMILES string of the molecule is C[C@@]1(C2CC2)NC(=O)N(CC(=O)OCc2ccc(C(=O)Nc3ccccc3)cc2)C1=O. The van der Waals surface area contributed by atoms with Gasteiger partial charge in [0.25, 0.3) is 11.8 Å². The van der Waals surface area contributed by atoms with E-state index in [1.807, 2.05) is 18.2 Å². The number of esters is 1. The van der Waals surface area contributed by atoms with Gasteiger partial charge in [0.2, 0.25) is 0 Å². The van der Waals surface area contributed by atoms with Crippen LogP contribution < -0.4 is 10.6 Å². The molecule has 2 N–H and O–H groups in total. The third kappa shape index (κ3) is 4.42. The largest absolute Gasteiger partial charge is 0.459 e. The Morgan fingerprint density at radius 1 is 1.10 bits per heavy atom. The highest BCUT2D eigenvalue weighted by atomic mass is 16.5. The zero-order chi connectivity index (χ0) is 22.0. The van der Waals surface area contributed by atoms with Crippen molar-refractivity contribution in [2.24, 2.45) is 5.92 Å². The van der Waals surface area contributed by atoms with E-state index in [0.717, 1.165) is 17.7 Å². The molecule has 0 aromatic heterocycles. The van der Waals surface area contributed by atoms with Gasteiger partial charge in [0.15, 0.2) is 0 Å². The Balaban J connectivity index is 1.28. The van der Waals surface area contributed by atoms with Gasteiger partial charge in [0.1, 0.15) is 18.7 Å². The minimum atomic E-state index is -0.923. The predicted molar refractivity (Wildman–Crippen MR) is 112 cm³/mol. The fourth-order valence-electron chi connectivity index (χ4n) is 3.61. The molecule has 2 aliphatic rings. The first-order chi connectivity index (χ1) is 14.9. The molecule has 1 heterocycles. The van der Waals surface area contributed by atoms with Crippen LogP contribution in [0.4, 0.5) is 10.5 Å². The van der Waals surface area contributed by atoms with E-state index in [4.69, 9.17) is 4.74 Å². The summed E-state index contributed by atoms with van der Waals surface area (Å²) < 4.78 is 5.21. The Hall–Kier alpha value is -3.68. The van der Waals surface area contributed by atoms with Gasteiger partial charge in [-0.1, -0.05) is 30.3 Å². The lowest BCUT2D eigenvalue weighted by atomic mass is 9.96. The predicted octanol–water partition coefficient (Wildman–Crippen LogP) is 2.70. The van der Waals surface area contributed by atoms with E-state index in [0.29, 0.717) is 16.8 Å².